The van der Waals surface area contributed by atoms with E-state index < -0.39 is 5.54 Å². The van der Waals surface area contributed by atoms with Gasteiger partial charge in [0.25, 0.3) is 0 Å². The maximum Gasteiger partial charge on any atom is 0.244 e. The van der Waals surface area contributed by atoms with Gasteiger partial charge < -0.3 is 11.1 Å². The quantitative estimate of drug-likeness (QED) is 0.888. The number of hydrogen-bond acceptors (Lipinski definition) is 2. The van der Waals surface area contributed by atoms with Gasteiger partial charge in [0.2, 0.25) is 5.91 Å². The van der Waals surface area contributed by atoms with E-state index in [0.29, 0.717) is 0 Å². The molecule has 1 atom stereocenters. The van der Waals surface area contributed by atoms with Crippen molar-refractivity contribution in [2.45, 2.75) is 51.1 Å². The van der Waals surface area contributed by atoms with Gasteiger partial charge in [0, 0.05) is 10.5 Å². The van der Waals surface area contributed by atoms with E-state index in [-0.39, 0.29) is 11.9 Å². The molecule has 0 aromatic heterocycles. The van der Waals surface area contributed by atoms with Crippen LogP contribution in [0.2, 0.25) is 0 Å². The van der Waals surface area contributed by atoms with Crippen LogP contribution in [0, 0.1) is 5.92 Å². The molecule has 3 N–H and O–H groups in total. The normalized spacial score (nSPS) is 25.8. The predicted molar refractivity (Wildman–Crippen MR) is 85.2 cm³/mol. The summed E-state index contributed by atoms with van der Waals surface area (Å²) < 4.78 is 0.985. The number of hydrogen-bond donors (Lipinski definition) is 2. The highest BCUT2D eigenvalue weighted by molar-refractivity contribution is 9.10. The van der Waals surface area contributed by atoms with Gasteiger partial charge in [0.05, 0.1) is 0 Å². The lowest BCUT2D eigenvalue weighted by Crippen LogP contribution is -2.52. The van der Waals surface area contributed by atoms with Gasteiger partial charge in [0.1, 0.15) is 5.54 Å². The molecular formula is C16H23BrN2O. The van der Waals surface area contributed by atoms with Gasteiger partial charge in [-0.2, -0.15) is 0 Å². The topological polar surface area (TPSA) is 55.1 Å². The number of nitrogens with two attached hydrogens (primary N) is 1. The molecule has 20 heavy (non-hydrogen) atoms. The highest BCUT2D eigenvalue weighted by atomic mass is 79.9. The van der Waals surface area contributed by atoms with Crippen LogP contribution in [0.1, 0.15) is 45.1 Å². The van der Waals surface area contributed by atoms with E-state index in [1.807, 2.05) is 24.3 Å². The Morgan fingerprint density at radius 3 is 2.35 bits per heavy atom. The van der Waals surface area contributed by atoms with Crippen LogP contribution < -0.4 is 11.1 Å². The zero-order valence-corrected chi connectivity index (χ0v) is 13.7. The number of amides is 1. The van der Waals surface area contributed by atoms with Crippen LogP contribution in [-0.2, 0) is 10.3 Å². The average Bonchev–Trinajstić information content (AvgIpc) is 2.42. The second-order valence-corrected chi connectivity index (χ2v) is 7.06. The molecule has 0 aliphatic heterocycles. The maximum absolute atomic E-state index is 12.5. The number of carbonyl (C=O) groups excluding carboxylic acids is 1. The zero-order chi connectivity index (χ0) is 14.8. The van der Waals surface area contributed by atoms with Crippen molar-refractivity contribution in [3.05, 3.63) is 34.3 Å². The third-order valence-corrected chi connectivity index (χ3v) is 4.80. The summed E-state index contributed by atoms with van der Waals surface area (Å²) in [7, 11) is 0. The van der Waals surface area contributed by atoms with E-state index in [1.54, 1.807) is 6.92 Å². The van der Waals surface area contributed by atoms with E-state index in [1.165, 1.54) is 12.8 Å². The van der Waals surface area contributed by atoms with Crippen molar-refractivity contribution < 1.29 is 4.79 Å². The summed E-state index contributed by atoms with van der Waals surface area (Å²) >= 11 is 3.39. The summed E-state index contributed by atoms with van der Waals surface area (Å²) in [5.41, 5.74) is 6.10. The number of rotatable bonds is 3. The molecule has 1 aliphatic carbocycles. The lowest BCUT2D eigenvalue weighted by molar-refractivity contribution is -0.127. The van der Waals surface area contributed by atoms with Crippen molar-refractivity contribution in [2.75, 3.05) is 0 Å². The standard InChI is InChI=1S/C16H23BrN2O/c1-11-3-9-14(10-4-11)19-15(20)16(2,18)12-5-7-13(17)8-6-12/h5-8,11,14H,3-4,9-10,18H2,1-2H3,(H,19,20). The van der Waals surface area contributed by atoms with Crippen LogP contribution in [0.5, 0.6) is 0 Å². The minimum Gasteiger partial charge on any atom is -0.351 e. The molecule has 1 fully saturated rings. The molecule has 3 nitrogen and oxygen atoms in total. The third-order valence-electron chi connectivity index (χ3n) is 4.27. The largest absolute Gasteiger partial charge is 0.351 e. The monoisotopic (exact) mass is 338 g/mol. The van der Waals surface area contributed by atoms with Gasteiger partial charge >= 0.3 is 0 Å². The Bertz CT molecular complexity index is 462. The van der Waals surface area contributed by atoms with Gasteiger partial charge in [-0.3, -0.25) is 4.79 Å². The first-order valence-electron chi connectivity index (χ1n) is 7.25. The van der Waals surface area contributed by atoms with Crippen LogP contribution in [0.15, 0.2) is 28.7 Å². The van der Waals surface area contributed by atoms with E-state index in [9.17, 15) is 4.79 Å². The summed E-state index contributed by atoms with van der Waals surface area (Å²) in [5.74, 6) is 0.693. The second-order valence-electron chi connectivity index (χ2n) is 6.14. The van der Waals surface area contributed by atoms with E-state index in [2.05, 4.69) is 28.2 Å². The Balaban J connectivity index is 2.01. The zero-order valence-electron chi connectivity index (χ0n) is 12.2. The minimum absolute atomic E-state index is 0.0839. The molecule has 0 spiro atoms. The highest BCUT2D eigenvalue weighted by Gasteiger charge is 2.32. The molecule has 110 valence electrons. The van der Waals surface area contributed by atoms with Crippen LogP contribution in [-0.4, -0.2) is 11.9 Å². The number of benzene rings is 1. The molecule has 2 rings (SSSR count). The summed E-state index contributed by atoms with van der Waals surface area (Å²) in [5, 5.41) is 3.12. The molecule has 1 unspecified atom stereocenters. The molecule has 1 amide bonds. The fourth-order valence-electron chi connectivity index (χ4n) is 2.67. The SMILES string of the molecule is CC1CCC(NC(=O)C(C)(N)c2ccc(Br)cc2)CC1. The van der Waals surface area contributed by atoms with Crippen LogP contribution in [0.3, 0.4) is 0 Å². The molecule has 0 bridgehead atoms. The van der Waals surface area contributed by atoms with Crippen LogP contribution >= 0.6 is 15.9 Å². The first kappa shape index (κ1) is 15.5. The second kappa shape index (κ2) is 6.27. The van der Waals surface area contributed by atoms with Gasteiger partial charge in [-0.05, 0) is 56.2 Å². The molecule has 1 aliphatic rings. The van der Waals surface area contributed by atoms with E-state index in [4.69, 9.17) is 5.73 Å². The molecular weight excluding hydrogens is 316 g/mol. The van der Waals surface area contributed by atoms with E-state index in [0.717, 1.165) is 28.8 Å². The Labute approximate surface area is 129 Å². The molecule has 0 radical (unpaired) electrons. The van der Waals surface area contributed by atoms with Gasteiger partial charge in [0.15, 0.2) is 0 Å². The first-order valence-corrected chi connectivity index (χ1v) is 8.05. The molecule has 1 saturated carbocycles. The number of carbonyl (C=O) groups is 1. The average molecular weight is 339 g/mol. The van der Waals surface area contributed by atoms with Crippen molar-refractivity contribution in [3.8, 4) is 0 Å². The van der Waals surface area contributed by atoms with Crippen molar-refractivity contribution in [1.29, 1.82) is 0 Å². The number of halogens is 1. The lowest BCUT2D eigenvalue weighted by Gasteiger charge is -2.31. The van der Waals surface area contributed by atoms with Crippen LogP contribution in [0.25, 0.3) is 0 Å². The Hall–Kier alpha value is -0.870. The first-order chi connectivity index (χ1) is 9.39. The summed E-state index contributed by atoms with van der Waals surface area (Å²) in [4.78, 5) is 12.5. The van der Waals surface area contributed by atoms with Gasteiger partial charge in [-0.25, -0.2) is 0 Å². The molecule has 0 heterocycles. The third kappa shape index (κ3) is 3.61. The minimum atomic E-state index is -0.982. The predicted octanol–water partition coefficient (Wildman–Crippen LogP) is 3.32. The smallest absolute Gasteiger partial charge is 0.244 e. The molecule has 1 aromatic rings. The van der Waals surface area contributed by atoms with E-state index >= 15 is 0 Å². The summed E-state index contributed by atoms with van der Waals surface area (Å²) in [6.07, 6.45) is 4.49. The Morgan fingerprint density at radius 2 is 1.80 bits per heavy atom. The summed E-state index contributed by atoms with van der Waals surface area (Å²) in [6, 6.07) is 7.89. The fourth-order valence-corrected chi connectivity index (χ4v) is 2.93. The summed E-state index contributed by atoms with van der Waals surface area (Å²) in [6.45, 7) is 4.05. The van der Waals surface area contributed by atoms with Crippen LogP contribution in [0.4, 0.5) is 0 Å². The van der Waals surface area contributed by atoms with Crippen molar-refractivity contribution in [3.63, 3.8) is 0 Å². The maximum atomic E-state index is 12.5. The lowest BCUT2D eigenvalue weighted by atomic mass is 9.86. The fraction of sp³-hybridized carbons (Fsp3) is 0.562. The van der Waals surface area contributed by atoms with Crippen molar-refractivity contribution in [2.24, 2.45) is 11.7 Å². The number of nitrogens with one attached hydrogen (secondary N) is 1. The van der Waals surface area contributed by atoms with Crippen molar-refractivity contribution in [1.82, 2.24) is 5.32 Å². The molecule has 1 aromatic carbocycles. The Kier molecular flexibility index (Phi) is 4.86. The van der Waals surface area contributed by atoms with Crippen molar-refractivity contribution >= 4 is 21.8 Å². The highest BCUT2D eigenvalue weighted by Crippen LogP contribution is 2.25. The van der Waals surface area contributed by atoms with Gasteiger partial charge in [-0.1, -0.05) is 35.0 Å². The Morgan fingerprint density at radius 1 is 1.25 bits per heavy atom. The molecule has 0 saturated heterocycles. The molecule has 4 heteroatoms. The van der Waals surface area contributed by atoms with Gasteiger partial charge in [-0.15, -0.1) is 0 Å².